The molecular weight excluding hydrogens is 172 g/mol. The second kappa shape index (κ2) is 4.96. The lowest BCUT2D eigenvalue weighted by Gasteiger charge is -1.88. The van der Waals surface area contributed by atoms with Gasteiger partial charge in [0.15, 0.2) is 9.84 Å². The molecule has 0 spiro atoms. The van der Waals surface area contributed by atoms with Crippen molar-refractivity contribution in [3.63, 3.8) is 0 Å². The van der Waals surface area contributed by atoms with Crippen molar-refractivity contribution in [2.75, 3.05) is 5.75 Å². The summed E-state index contributed by atoms with van der Waals surface area (Å²) in [5, 5.41) is 1.13. The van der Waals surface area contributed by atoms with Crippen LogP contribution in [-0.4, -0.2) is 14.2 Å². The summed E-state index contributed by atoms with van der Waals surface area (Å²) in [4.78, 5) is 0. The van der Waals surface area contributed by atoms with Crippen LogP contribution >= 0.6 is 0 Å². The van der Waals surface area contributed by atoms with Crippen LogP contribution in [0.3, 0.4) is 0 Å². The second-order valence-corrected chi connectivity index (χ2v) is 4.56. The highest BCUT2D eigenvalue weighted by Gasteiger charge is 2.00. The molecule has 0 aliphatic rings. The number of rotatable bonds is 3. The van der Waals surface area contributed by atoms with E-state index in [0.29, 0.717) is 0 Å². The van der Waals surface area contributed by atoms with E-state index < -0.39 is 9.84 Å². The molecule has 12 heavy (non-hydrogen) atoms. The van der Waals surface area contributed by atoms with Gasteiger partial charge in [-0.2, -0.15) is 0 Å². The zero-order valence-electron chi connectivity index (χ0n) is 7.66. The molecule has 0 atom stereocenters. The van der Waals surface area contributed by atoms with Crippen LogP contribution in [0, 0.1) is 0 Å². The van der Waals surface area contributed by atoms with E-state index in [1.807, 2.05) is 13.8 Å². The van der Waals surface area contributed by atoms with E-state index in [0.717, 1.165) is 11.0 Å². The molecule has 2 nitrogen and oxygen atoms in total. The van der Waals surface area contributed by atoms with Crippen molar-refractivity contribution in [2.24, 2.45) is 0 Å². The molecule has 0 saturated carbocycles. The summed E-state index contributed by atoms with van der Waals surface area (Å²) < 4.78 is 22.2. The van der Waals surface area contributed by atoms with Gasteiger partial charge < -0.3 is 0 Å². The summed E-state index contributed by atoms with van der Waals surface area (Å²) in [7, 11) is -3.08. The van der Waals surface area contributed by atoms with Gasteiger partial charge in [0.2, 0.25) is 0 Å². The predicted octanol–water partition coefficient (Wildman–Crippen LogP) is 2.06. The van der Waals surface area contributed by atoms with Gasteiger partial charge in [-0.1, -0.05) is 12.2 Å². The van der Waals surface area contributed by atoms with Gasteiger partial charge in [-0.15, -0.1) is 5.73 Å². The van der Waals surface area contributed by atoms with E-state index >= 15 is 0 Å². The van der Waals surface area contributed by atoms with Crippen molar-refractivity contribution in [3.05, 3.63) is 28.9 Å². The van der Waals surface area contributed by atoms with E-state index in [1.54, 1.807) is 19.1 Å². The summed E-state index contributed by atoms with van der Waals surface area (Å²) >= 11 is 0. The Hall–Kier alpha value is -0.790. The zero-order valence-corrected chi connectivity index (χ0v) is 8.48. The van der Waals surface area contributed by atoms with Crippen LogP contribution in [0.1, 0.15) is 20.8 Å². The van der Waals surface area contributed by atoms with Crippen LogP contribution < -0.4 is 0 Å². The summed E-state index contributed by atoms with van der Waals surface area (Å²) in [6.45, 7) is 5.41. The van der Waals surface area contributed by atoms with Crippen molar-refractivity contribution >= 4 is 9.84 Å². The minimum Gasteiger partial charge on any atom is -0.223 e. The molecule has 68 valence electrons. The summed E-state index contributed by atoms with van der Waals surface area (Å²) in [6, 6.07) is 0. The van der Waals surface area contributed by atoms with E-state index in [4.69, 9.17) is 0 Å². The summed E-state index contributed by atoms with van der Waals surface area (Å²) in [5.74, 6) is 0.0593. The van der Waals surface area contributed by atoms with Crippen LogP contribution in [0.15, 0.2) is 28.9 Å². The molecule has 0 aromatic carbocycles. The minimum atomic E-state index is -3.08. The van der Waals surface area contributed by atoms with Crippen molar-refractivity contribution in [1.29, 1.82) is 0 Å². The summed E-state index contributed by atoms with van der Waals surface area (Å²) in [5.41, 5.74) is 3.52. The maximum absolute atomic E-state index is 11.1. The van der Waals surface area contributed by atoms with Gasteiger partial charge >= 0.3 is 0 Å². The summed E-state index contributed by atoms with van der Waals surface area (Å²) in [6.07, 6.45) is 3.33. The Bertz CT molecular complexity index is 310. The molecule has 0 aliphatic carbocycles. The van der Waals surface area contributed by atoms with Crippen LogP contribution in [0.2, 0.25) is 0 Å². The Labute approximate surface area is 74.2 Å². The number of sulfone groups is 1. The molecule has 0 radical (unpaired) electrons. The van der Waals surface area contributed by atoms with Crippen molar-refractivity contribution < 1.29 is 8.42 Å². The average Bonchev–Trinajstić information content (AvgIpc) is 1.98. The molecule has 0 amide bonds. The topological polar surface area (TPSA) is 34.1 Å². The van der Waals surface area contributed by atoms with Crippen molar-refractivity contribution in [1.82, 2.24) is 0 Å². The third kappa shape index (κ3) is 5.96. The molecule has 0 heterocycles. The Morgan fingerprint density at radius 2 is 2.00 bits per heavy atom. The molecule has 0 aromatic heterocycles. The van der Waals surface area contributed by atoms with E-state index in [2.05, 4.69) is 5.73 Å². The van der Waals surface area contributed by atoms with Gasteiger partial charge in [-0.25, -0.2) is 8.42 Å². The van der Waals surface area contributed by atoms with Gasteiger partial charge in [0, 0.05) is 0 Å². The monoisotopic (exact) mass is 186 g/mol. The maximum atomic E-state index is 11.1. The van der Waals surface area contributed by atoms with Gasteiger partial charge in [0.05, 0.1) is 11.2 Å². The average molecular weight is 186 g/mol. The van der Waals surface area contributed by atoms with Crippen LogP contribution in [0.4, 0.5) is 0 Å². The Morgan fingerprint density at radius 3 is 2.42 bits per heavy atom. The first kappa shape index (κ1) is 11.2. The fourth-order valence-electron chi connectivity index (χ4n) is 0.486. The highest BCUT2D eigenvalue weighted by atomic mass is 32.2. The Morgan fingerprint density at radius 1 is 1.42 bits per heavy atom. The highest BCUT2D eigenvalue weighted by molar-refractivity contribution is 7.94. The fourth-order valence-corrected chi connectivity index (χ4v) is 1.46. The first-order valence-electron chi connectivity index (χ1n) is 3.72. The van der Waals surface area contributed by atoms with Gasteiger partial charge in [-0.05, 0) is 26.3 Å². The molecular formula is C9H14O2S. The van der Waals surface area contributed by atoms with Crippen LogP contribution in [0.25, 0.3) is 0 Å². The lowest BCUT2D eigenvalue weighted by atomic mass is 10.4. The number of hydrogen-bond acceptors (Lipinski definition) is 2. The molecule has 3 heteroatoms. The SMILES string of the molecule is C/C=C/CS(=O)(=O)C=C=C(C)C. The number of hydrogen-bond donors (Lipinski definition) is 0. The van der Waals surface area contributed by atoms with E-state index in [1.165, 1.54) is 0 Å². The normalized spacial score (nSPS) is 11.2. The third-order valence-electron chi connectivity index (χ3n) is 1.09. The van der Waals surface area contributed by atoms with Gasteiger partial charge in [0.25, 0.3) is 0 Å². The molecule has 0 rings (SSSR count). The van der Waals surface area contributed by atoms with Crippen molar-refractivity contribution in [3.8, 4) is 0 Å². The first-order chi connectivity index (χ1) is 5.48. The van der Waals surface area contributed by atoms with Gasteiger partial charge in [-0.3, -0.25) is 0 Å². The quantitative estimate of drug-likeness (QED) is 0.499. The minimum absolute atomic E-state index is 0.0593. The molecule has 0 N–H and O–H groups in total. The molecule has 0 saturated heterocycles. The largest absolute Gasteiger partial charge is 0.223 e. The third-order valence-corrected chi connectivity index (χ3v) is 2.23. The second-order valence-electron chi connectivity index (χ2n) is 2.66. The smallest absolute Gasteiger partial charge is 0.182 e. The first-order valence-corrected chi connectivity index (χ1v) is 5.43. The molecule has 0 aromatic rings. The van der Waals surface area contributed by atoms with E-state index in [9.17, 15) is 8.42 Å². The maximum Gasteiger partial charge on any atom is 0.182 e. The Kier molecular flexibility index (Phi) is 4.64. The lowest BCUT2D eigenvalue weighted by molar-refractivity contribution is 0.607. The van der Waals surface area contributed by atoms with Gasteiger partial charge in [0.1, 0.15) is 0 Å². The van der Waals surface area contributed by atoms with Crippen LogP contribution in [0.5, 0.6) is 0 Å². The number of allylic oxidation sites excluding steroid dienone is 2. The van der Waals surface area contributed by atoms with Crippen molar-refractivity contribution in [2.45, 2.75) is 20.8 Å². The van der Waals surface area contributed by atoms with Crippen LogP contribution in [-0.2, 0) is 9.84 Å². The Balaban J connectivity index is 4.56. The molecule has 0 unspecified atom stereocenters. The molecule has 0 bridgehead atoms. The predicted molar refractivity (Wildman–Crippen MR) is 51.5 cm³/mol. The standard InChI is InChI=1S/C9H14O2S/c1-4-5-7-12(10,11)8-6-9(2)3/h4-5,8H,7H2,1-3H3/b5-4+. The lowest BCUT2D eigenvalue weighted by Crippen LogP contribution is -1.97. The highest BCUT2D eigenvalue weighted by Crippen LogP contribution is 1.94. The zero-order chi connectivity index (χ0) is 9.61. The molecule has 0 aliphatic heterocycles. The van der Waals surface area contributed by atoms with E-state index in [-0.39, 0.29) is 5.75 Å². The fraction of sp³-hybridized carbons (Fsp3) is 0.444. The molecule has 0 fully saturated rings.